The van der Waals surface area contributed by atoms with E-state index in [1.54, 1.807) is 14.0 Å². The summed E-state index contributed by atoms with van der Waals surface area (Å²) in [5, 5.41) is 12.7. The first-order valence-corrected chi connectivity index (χ1v) is 5.54. The normalized spacial score (nSPS) is 12.6. The fourth-order valence-corrected chi connectivity index (χ4v) is 1.39. The lowest BCUT2D eigenvalue weighted by Gasteiger charge is -2.13. The zero-order valence-corrected chi connectivity index (χ0v) is 10.2. The smallest absolute Gasteiger partial charge is 0.253 e. The molecule has 17 heavy (non-hydrogen) atoms. The monoisotopic (exact) mass is 241 g/mol. The van der Waals surface area contributed by atoms with Crippen LogP contribution in [0.5, 0.6) is 0 Å². The van der Waals surface area contributed by atoms with Gasteiger partial charge in [-0.3, -0.25) is 9.36 Å². The van der Waals surface area contributed by atoms with Crippen LogP contribution in [-0.2, 0) is 11.3 Å². The van der Waals surface area contributed by atoms with Gasteiger partial charge in [0.2, 0.25) is 0 Å². The molecule has 0 fully saturated rings. The average Bonchev–Trinajstić information content (AvgIpc) is 2.28. The van der Waals surface area contributed by atoms with E-state index in [0.717, 1.165) is 0 Å². The molecular formula is C11H19N3O3. The maximum absolute atomic E-state index is 11.5. The van der Waals surface area contributed by atoms with E-state index in [4.69, 9.17) is 4.74 Å². The zero-order chi connectivity index (χ0) is 12.7. The Hall–Kier alpha value is -1.24. The van der Waals surface area contributed by atoms with Gasteiger partial charge in [-0.2, -0.15) is 0 Å². The summed E-state index contributed by atoms with van der Waals surface area (Å²) in [6.07, 6.45) is 0.838. The van der Waals surface area contributed by atoms with Crippen molar-refractivity contribution in [3.05, 3.63) is 28.4 Å². The van der Waals surface area contributed by atoms with Crippen LogP contribution in [0.2, 0.25) is 0 Å². The molecule has 6 heteroatoms. The lowest BCUT2D eigenvalue weighted by molar-refractivity contribution is 0.142. The summed E-state index contributed by atoms with van der Waals surface area (Å²) in [7, 11) is 1.62. The van der Waals surface area contributed by atoms with E-state index in [2.05, 4.69) is 10.3 Å². The van der Waals surface area contributed by atoms with Crippen LogP contribution in [0.1, 0.15) is 5.69 Å². The standard InChI is InChI=1S/C11H19N3O3/c1-9-5-11(16)14(8-13-9)7-10(15)6-12-3-4-17-2/h5,8,10,12,15H,3-4,6-7H2,1-2H3. The second-order valence-electron chi connectivity index (χ2n) is 3.87. The number of nitrogens with one attached hydrogen (secondary N) is 1. The number of ether oxygens (including phenoxy) is 1. The quantitative estimate of drug-likeness (QED) is 0.608. The summed E-state index contributed by atoms with van der Waals surface area (Å²) < 4.78 is 6.26. The van der Waals surface area contributed by atoms with Gasteiger partial charge in [0.15, 0.2) is 0 Å². The highest BCUT2D eigenvalue weighted by molar-refractivity contribution is 4.96. The number of methoxy groups -OCH3 is 1. The second kappa shape index (κ2) is 7.16. The summed E-state index contributed by atoms with van der Waals surface area (Å²) in [4.78, 5) is 15.5. The number of aryl methyl sites for hydroxylation is 1. The molecule has 1 atom stereocenters. The van der Waals surface area contributed by atoms with Gasteiger partial charge in [0.25, 0.3) is 5.56 Å². The highest BCUT2D eigenvalue weighted by Crippen LogP contribution is 1.89. The molecule has 1 aromatic rings. The van der Waals surface area contributed by atoms with E-state index in [9.17, 15) is 9.90 Å². The highest BCUT2D eigenvalue weighted by atomic mass is 16.5. The van der Waals surface area contributed by atoms with Crippen LogP contribution in [0.4, 0.5) is 0 Å². The molecule has 0 aliphatic rings. The number of hydrogen-bond acceptors (Lipinski definition) is 5. The average molecular weight is 241 g/mol. The van der Waals surface area contributed by atoms with E-state index in [0.29, 0.717) is 25.4 Å². The fourth-order valence-electron chi connectivity index (χ4n) is 1.39. The molecule has 1 heterocycles. The van der Waals surface area contributed by atoms with Crippen LogP contribution >= 0.6 is 0 Å². The summed E-state index contributed by atoms with van der Waals surface area (Å²) in [6, 6.07) is 1.45. The van der Waals surface area contributed by atoms with E-state index in [1.165, 1.54) is 17.0 Å². The Labute approximate surface area is 100 Å². The summed E-state index contributed by atoms with van der Waals surface area (Å²) in [5.41, 5.74) is 0.535. The van der Waals surface area contributed by atoms with Crippen molar-refractivity contribution in [2.24, 2.45) is 0 Å². The number of aromatic nitrogens is 2. The third kappa shape index (κ3) is 5.08. The number of rotatable bonds is 7. The van der Waals surface area contributed by atoms with Crippen LogP contribution in [-0.4, -0.2) is 47.6 Å². The van der Waals surface area contributed by atoms with E-state index in [-0.39, 0.29) is 12.1 Å². The van der Waals surface area contributed by atoms with E-state index < -0.39 is 6.10 Å². The number of aliphatic hydroxyl groups is 1. The molecule has 0 radical (unpaired) electrons. The minimum atomic E-state index is -0.617. The third-order valence-corrected chi connectivity index (χ3v) is 2.29. The van der Waals surface area contributed by atoms with Gasteiger partial charge in [0.1, 0.15) is 0 Å². The molecule has 6 nitrogen and oxygen atoms in total. The van der Waals surface area contributed by atoms with Crippen molar-refractivity contribution in [3.63, 3.8) is 0 Å². The second-order valence-corrected chi connectivity index (χ2v) is 3.87. The summed E-state index contributed by atoms with van der Waals surface area (Å²) >= 11 is 0. The Balaban J connectivity index is 2.39. The van der Waals surface area contributed by atoms with Crippen LogP contribution in [0.3, 0.4) is 0 Å². The first-order valence-electron chi connectivity index (χ1n) is 5.54. The Morgan fingerprint density at radius 1 is 1.65 bits per heavy atom. The van der Waals surface area contributed by atoms with Gasteiger partial charge in [0.05, 0.1) is 25.6 Å². The lowest BCUT2D eigenvalue weighted by Crippen LogP contribution is -2.35. The van der Waals surface area contributed by atoms with Gasteiger partial charge in [-0.15, -0.1) is 0 Å². The summed E-state index contributed by atoms with van der Waals surface area (Å²) in [6.45, 7) is 3.69. The molecule has 0 amide bonds. The van der Waals surface area contributed by atoms with Gasteiger partial charge in [0, 0.05) is 32.0 Å². The number of aliphatic hydroxyl groups excluding tert-OH is 1. The van der Waals surface area contributed by atoms with Crippen molar-refractivity contribution in [3.8, 4) is 0 Å². The van der Waals surface area contributed by atoms with Crippen molar-refractivity contribution < 1.29 is 9.84 Å². The predicted octanol–water partition coefficient (Wildman–Crippen LogP) is -0.851. The Morgan fingerprint density at radius 2 is 2.41 bits per heavy atom. The largest absolute Gasteiger partial charge is 0.390 e. The van der Waals surface area contributed by atoms with Crippen molar-refractivity contribution >= 4 is 0 Å². The summed E-state index contributed by atoms with van der Waals surface area (Å²) in [5.74, 6) is 0. The Bertz CT molecular complexity index is 392. The lowest BCUT2D eigenvalue weighted by atomic mass is 10.3. The van der Waals surface area contributed by atoms with Crippen LogP contribution in [0.15, 0.2) is 17.2 Å². The molecule has 0 bridgehead atoms. The third-order valence-electron chi connectivity index (χ3n) is 2.29. The van der Waals surface area contributed by atoms with Gasteiger partial charge >= 0.3 is 0 Å². The predicted molar refractivity (Wildman–Crippen MR) is 64.0 cm³/mol. The number of hydrogen-bond donors (Lipinski definition) is 2. The van der Waals surface area contributed by atoms with Crippen molar-refractivity contribution in [2.45, 2.75) is 19.6 Å². The Morgan fingerprint density at radius 3 is 3.06 bits per heavy atom. The van der Waals surface area contributed by atoms with Crippen LogP contribution in [0.25, 0.3) is 0 Å². The first-order chi connectivity index (χ1) is 8.13. The van der Waals surface area contributed by atoms with E-state index in [1.807, 2.05) is 0 Å². The maximum Gasteiger partial charge on any atom is 0.253 e. The molecule has 2 N–H and O–H groups in total. The topological polar surface area (TPSA) is 76.4 Å². The van der Waals surface area contributed by atoms with Gasteiger partial charge in [-0.1, -0.05) is 0 Å². The molecular weight excluding hydrogens is 222 g/mol. The van der Waals surface area contributed by atoms with Gasteiger partial charge < -0.3 is 15.2 Å². The molecule has 0 aliphatic carbocycles. The molecule has 1 aromatic heterocycles. The van der Waals surface area contributed by atoms with Gasteiger partial charge in [-0.05, 0) is 6.92 Å². The Kier molecular flexibility index (Phi) is 5.82. The molecule has 1 rings (SSSR count). The highest BCUT2D eigenvalue weighted by Gasteiger charge is 2.06. The van der Waals surface area contributed by atoms with Gasteiger partial charge in [-0.25, -0.2) is 4.98 Å². The fraction of sp³-hybridized carbons (Fsp3) is 0.636. The number of nitrogens with zero attached hydrogens (tertiary/aromatic N) is 2. The molecule has 0 saturated carbocycles. The molecule has 0 spiro atoms. The van der Waals surface area contributed by atoms with Crippen molar-refractivity contribution in [1.82, 2.24) is 14.9 Å². The van der Waals surface area contributed by atoms with Crippen LogP contribution < -0.4 is 10.9 Å². The molecule has 96 valence electrons. The van der Waals surface area contributed by atoms with Crippen molar-refractivity contribution in [1.29, 1.82) is 0 Å². The minimum absolute atomic E-state index is 0.145. The van der Waals surface area contributed by atoms with Crippen LogP contribution in [0, 0.1) is 6.92 Å². The first kappa shape index (κ1) is 13.8. The minimum Gasteiger partial charge on any atom is -0.390 e. The van der Waals surface area contributed by atoms with E-state index >= 15 is 0 Å². The SMILES string of the molecule is COCCNCC(O)Cn1cnc(C)cc1=O. The maximum atomic E-state index is 11.5. The zero-order valence-electron chi connectivity index (χ0n) is 10.2. The molecule has 0 aromatic carbocycles. The molecule has 1 unspecified atom stereocenters. The molecule has 0 saturated heterocycles. The van der Waals surface area contributed by atoms with Crippen molar-refractivity contribution in [2.75, 3.05) is 26.8 Å². The molecule has 0 aliphatic heterocycles.